The van der Waals surface area contributed by atoms with Crippen molar-refractivity contribution in [1.82, 2.24) is 0 Å². The molecule has 2 heterocycles. The summed E-state index contributed by atoms with van der Waals surface area (Å²) in [7, 11) is 0. The first-order chi connectivity index (χ1) is 8.69. The monoisotopic (exact) mass is 314 g/mol. The Kier molecular flexibility index (Phi) is 3.30. The van der Waals surface area contributed by atoms with Crippen molar-refractivity contribution in [2.24, 2.45) is 5.73 Å². The van der Waals surface area contributed by atoms with Crippen molar-refractivity contribution in [2.75, 3.05) is 18.0 Å². The third kappa shape index (κ3) is 2.04. The maximum Gasteiger partial charge on any atom is 0.160 e. The average Bonchev–Trinajstić information content (AvgIpc) is 2.71. The molecule has 5 heteroatoms. The minimum absolute atomic E-state index is 0.209. The molecule has 0 aliphatic carbocycles. The highest BCUT2D eigenvalue weighted by molar-refractivity contribution is 9.10. The maximum atomic E-state index is 14.3. The molecule has 2 atom stereocenters. The third-order valence-corrected chi connectivity index (χ3v) is 4.60. The summed E-state index contributed by atoms with van der Waals surface area (Å²) in [4.78, 5) is 2.09. The van der Waals surface area contributed by atoms with E-state index in [1.807, 2.05) is 12.1 Å². The third-order valence-electron chi connectivity index (χ3n) is 3.75. The summed E-state index contributed by atoms with van der Waals surface area (Å²) < 4.78 is 20.6. The van der Waals surface area contributed by atoms with Crippen LogP contribution in [0.25, 0.3) is 0 Å². The Morgan fingerprint density at radius 1 is 1.33 bits per heavy atom. The number of ether oxygens (including phenoxy) is 1. The molecule has 2 aliphatic heterocycles. The Morgan fingerprint density at radius 2 is 2.00 bits per heavy atom. The minimum Gasteiger partial charge on any atom is -0.371 e. The highest BCUT2D eigenvalue weighted by atomic mass is 79.9. The number of morpholine rings is 1. The quantitative estimate of drug-likeness (QED) is 0.911. The van der Waals surface area contributed by atoms with Crippen LogP contribution < -0.4 is 10.6 Å². The smallest absolute Gasteiger partial charge is 0.160 e. The zero-order chi connectivity index (χ0) is 12.7. The number of rotatable bonds is 2. The van der Waals surface area contributed by atoms with Gasteiger partial charge in [0.25, 0.3) is 0 Å². The van der Waals surface area contributed by atoms with Crippen molar-refractivity contribution >= 4 is 21.6 Å². The topological polar surface area (TPSA) is 38.5 Å². The Labute approximate surface area is 114 Å². The number of nitrogens with two attached hydrogens (primary N) is 1. The lowest BCUT2D eigenvalue weighted by Gasteiger charge is -2.34. The van der Waals surface area contributed by atoms with E-state index < -0.39 is 0 Å². The van der Waals surface area contributed by atoms with Crippen LogP contribution in [0.3, 0.4) is 0 Å². The molecule has 0 amide bonds. The highest BCUT2D eigenvalue weighted by Gasteiger charge is 2.34. The van der Waals surface area contributed by atoms with Crippen LogP contribution in [0.1, 0.15) is 18.4 Å². The molecule has 3 nitrogen and oxygen atoms in total. The second kappa shape index (κ2) is 4.79. The van der Waals surface area contributed by atoms with Crippen LogP contribution in [0.4, 0.5) is 10.1 Å². The van der Waals surface area contributed by atoms with Crippen LogP contribution in [-0.2, 0) is 11.3 Å². The van der Waals surface area contributed by atoms with Crippen molar-refractivity contribution in [1.29, 1.82) is 0 Å². The van der Waals surface area contributed by atoms with E-state index in [2.05, 4.69) is 20.8 Å². The van der Waals surface area contributed by atoms with Gasteiger partial charge < -0.3 is 15.4 Å². The predicted molar refractivity (Wildman–Crippen MR) is 72.1 cm³/mol. The van der Waals surface area contributed by atoms with Gasteiger partial charge in [-0.15, -0.1) is 0 Å². The number of hydrogen-bond acceptors (Lipinski definition) is 3. The van der Waals surface area contributed by atoms with Crippen molar-refractivity contribution in [3.63, 3.8) is 0 Å². The molecular formula is C13H16BrFN2O. The molecule has 0 radical (unpaired) electrons. The van der Waals surface area contributed by atoms with Crippen LogP contribution >= 0.6 is 15.9 Å². The van der Waals surface area contributed by atoms with E-state index in [1.165, 1.54) is 0 Å². The summed E-state index contributed by atoms with van der Waals surface area (Å²) in [5.41, 5.74) is 7.02. The molecule has 0 spiro atoms. The fraction of sp³-hybridized carbons (Fsp3) is 0.538. The molecular weight excluding hydrogens is 299 g/mol. The van der Waals surface area contributed by atoms with Gasteiger partial charge in [-0.2, -0.15) is 0 Å². The van der Waals surface area contributed by atoms with Gasteiger partial charge in [0.15, 0.2) is 5.82 Å². The standard InChI is InChI=1S/C13H16BrFN2O/c14-12-8(5-16)1-4-11(13(12)15)17-6-9-2-3-10(7-17)18-9/h1,4,9-10H,2-3,5-7,16H2. The van der Waals surface area contributed by atoms with Gasteiger partial charge in [-0.05, 0) is 40.4 Å². The van der Waals surface area contributed by atoms with E-state index in [-0.39, 0.29) is 18.0 Å². The van der Waals surface area contributed by atoms with Gasteiger partial charge in [0.2, 0.25) is 0 Å². The molecule has 0 aromatic heterocycles. The second-order valence-electron chi connectivity index (χ2n) is 4.94. The molecule has 18 heavy (non-hydrogen) atoms. The van der Waals surface area contributed by atoms with E-state index in [4.69, 9.17) is 10.5 Å². The van der Waals surface area contributed by atoms with Crippen LogP contribution in [0, 0.1) is 5.82 Å². The lowest BCUT2D eigenvalue weighted by Crippen LogP contribution is -2.43. The van der Waals surface area contributed by atoms with Crippen molar-refractivity contribution in [3.8, 4) is 0 Å². The predicted octanol–water partition coefficient (Wildman–Crippen LogP) is 2.41. The molecule has 1 aromatic carbocycles. The first-order valence-electron chi connectivity index (χ1n) is 6.26. The van der Waals surface area contributed by atoms with Gasteiger partial charge in [0, 0.05) is 19.6 Å². The van der Waals surface area contributed by atoms with Gasteiger partial charge in [0.05, 0.1) is 22.4 Å². The highest BCUT2D eigenvalue weighted by Crippen LogP contribution is 2.34. The average molecular weight is 315 g/mol. The molecule has 1 aromatic rings. The number of anilines is 1. The second-order valence-corrected chi connectivity index (χ2v) is 5.73. The molecule has 3 rings (SSSR count). The fourth-order valence-electron chi connectivity index (χ4n) is 2.79. The zero-order valence-corrected chi connectivity index (χ0v) is 11.6. The lowest BCUT2D eigenvalue weighted by atomic mass is 10.1. The van der Waals surface area contributed by atoms with E-state index in [1.54, 1.807) is 0 Å². The molecule has 2 unspecified atom stereocenters. The van der Waals surface area contributed by atoms with E-state index in [0.29, 0.717) is 16.7 Å². The molecule has 2 fully saturated rings. The van der Waals surface area contributed by atoms with Crippen LogP contribution in [-0.4, -0.2) is 25.3 Å². The normalized spacial score (nSPS) is 26.7. The van der Waals surface area contributed by atoms with Gasteiger partial charge in [-0.25, -0.2) is 4.39 Å². The number of benzene rings is 1. The zero-order valence-electron chi connectivity index (χ0n) is 10.0. The number of halogens is 2. The van der Waals surface area contributed by atoms with Crippen LogP contribution in [0.2, 0.25) is 0 Å². The fourth-order valence-corrected chi connectivity index (χ4v) is 3.29. The van der Waals surface area contributed by atoms with Gasteiger partial charge in [-0.1, -0.05) is 6.07 Å². The molecule has 2 aliphatic rings. The lowest BCUT2D eigenvalue weighted by molar-refractivity contribution is 0.0303. The largest absolute Gasteiger partial charge is 0.371 e. The minimum atomic E-state index is -0.209. The van der Waals surface area contributed by atoms with E-state index >= 15 is 0 Å². The van der Waals surface area contributed by atoms with Crippen molar-refractivity contribution in [2.45, 2.75) is 31.6 Å². The molecule has 0 saturated carbocycles. The molecule has 2 N–H and O–H groups in total. The van der Waals surface area contributed by atoms with E-state index in [0.717, 1.165) is 31.5 Å². The van der Waals surface area contributed by atoms with Gasteiger partial charge >= 0.3 is 0 Å². The molecule has 98 valence electrons. The van der Waals surface area contributed by atoms with Crippen LogP contribution in [0.5, 0.6) is 0 Å². The van der Waals surface area contributed by atoms with Gasteiger partial charge in [-0.3, -0.25) is 0 Å². The summed E-state index contributed by atoms with van der Waals surface area (Å²) in [6.07, 6.45) is 2.70. The van der Waals surface area contributed by atoms with Crippen molar-refractivity contribution < 1.29 is 9.13 Å². The summed E-state index contributed by atoms with van der Waals surface area (Å²) >= 11 is 3.29. The summed E-state index contributed by atoms with van der Waals surface area (Å²) in [5, 5.41) is 0. The number of hydrogen-bond donors (Lipinski definition) is 1. The Bertz CT molecular complexity index is 457. The molecule has 2 bridgehead atoms. The summed E-state index contributed by atoms with van der Waals surface area (Å²) in [5.74, 6) is -0.209. The van der Waals surface area contributed by atoms with E-state index in [9.17, 15) is 4.39 Å². The first kappa shape index (κ1) is 12.4. The number of nitrogens with zero attached hydrogens (tertiary/aromatic N) is 1. The van der Waals surface area contributed by atoms with Crippen LogP contribution in [0.15, 0.2) is 16.6 Å². The molecule has 2 saturated heterocycles. The first-order valence-corrected chi connectivity index (χ1v) is 7.05. The maximum absolute atomic E-state index is 14.3. The van der Waals surface area contributed by atoms with Crippen molar-refractivity contribution in [3.05, 3.63) is 28.0 Å². The Morgan fingerprint density at radius 3 is 2.61 bits per heavy atom. The number of fused-ring (bicyclic) bond motifs is 2. The Hall–Kier alpha value is -0.650. The summed E-state index contributed by atoms with van der Waals surface area (Å²) in [6.45, 7) is 1.90. The van der Waals surface area contributed by atoms with Gasteiger partial charge in [0.1, 0.15) is 0 Å². The SMILES string of the molecule is NCc1ccc(N2CC3CCC(C2)O3)c(F)c1Br. The summed E-state index contributed by atoms with van der Waals surface area (Å²) in [6, 6.07) is 3.72. The Balaban J connectivity index is 1.90.